The van der Waals surface area contributed by atoms with Crippen molar-refractivity contribution < 1.29 is 22.3 Å². The molecule has 1 aliphatic rings. The number of nitriles is 1. The summed E-state index contributed by atoms with van der Waals surface area (Å²) in [6.07, 6.45) is -4.39. The van der Waals surface area contributed by atoms with Crippen molar-refractivity contribution >= 4 is 34.2 Å². The lowest BCUT2D eigenvalue weighted by Gasteiger charge is -2.36. The van der Waals surface area contributed by atoms with Crippen LogP contribution in [0.2, 0.25) is 0 Å². The number of nitrogens with one attached hydrogen (secondary N) is 1. The number of benzene rings is 3. The van der Waals surface area contributed by atoms with E-state index in [1.807, 2.05) is 9.80 Å². The highest BCUT2D eigenvalue weighted by atomic mass is 19.4. The third-order valence-electron chi connectivity index (χ3n) is 6.81. The number of ether oxygens (including phenoxy) is 1. The molecule has 216 valence electrons. The highest BCUT2D eigenvalue weighted by Crippen LogP contribution is 2.32. The van der Waals surface area contributed by atoms with Gasteiger partial charge in [-0.3, -0.25) is 0 Å². The average molecular weight is 586 g/mol. The number of nitrogens with zero attached hydrogens (tertiary/aromatic N) is 6. The fraction of sp³-hybridized carbons (Fsp3) is 0.167. The van der Waals surface area contributed by atoms with E-state index in [0.717, 1.165) is 12.1 Å². The van der Waals surface area contributed by atoms with Crippen LogP contribution in [0.5, 0.6) is 11.8 Å². The number of hydrogen-bond acceptors (Lipinski definition) is 10. The van der Waals surface area contributed by atoms with E-state index in [2.05, 4.69) is 26.3 Å². The third kappa shape index (κ3) is 6.18. The molecule has 1 aliphatic heterocycles. The third-order valence-corrected chi connectivity index (χ3v) is 6.81. The molecule has 2 aromatic heterocycles. The van der Waals surface area contributed by atoms with E-state index in [1.54, 1.807) is 48.5 Å². The van der Waals surface area contributed by atoms with Crippen LogP contribution in [0, 0.1) is 11.3 Å². The standard InChI is InChI=1S/C30H22F3N7O3/c31-30(32,33)20-7-11-22(12-8-20)39-13-15-40(16-14-39)28-36-27(35-21-9-5-19(18-34)6-10-21)37-29(38-28)43-25-17-26(41)42-24-4-2-1-3-23(24)25/h1-12,17H,13-16H2,(H,35,36,37,38). The van der Waals surface area contributed by atoms with Crippen LogP contribution in [-0.2, 0) is 6.18 Å². The Balaban J connectivity index is 1.27. The maximum absolute atomic E-state index is 13.0. The largest absolute Gasteiger partial charge is 0.423 e. The van der Waals surface area contributed by atoms with Crippen molar-refractivity contribution in [3.8, 4) is 17.8 Å². The van der Waals surface area contributed by atoms with Crippen LogP contribution in [-0.4, -0.2) is 41.1 Å². The van der Waals surface area contributed by atoms with Gasteiger partial charge in [-0.05, 0) is 60.7 Å². The highest BCUT2D eigenvalue weighted by Gasteiger charge is 2.30. The van der Waals surface area contributed by atoms with E-state index in [1.165, 1.54) is 18.2 Å². The van der Waals surface area contributed by atoms with Crippen LogP contribution >= 0.6 is 0 Å². The summed E-state index contributed by atoms with van der Waals surface area (Å²) in [7, 11) is 0. The van der Waals surface area contributed by atoms with E-state index in [9.17, 15) is 18.0 Å². The summed E-state index contributed by atoms with van der Waals surface area (Å²) >= 11 is 0. The molecule has 1 fully saturated rings. The van der Waals surface area contributed by atoms with Crippen LogP contribution in [0.1, 0.15) is 11.1 Å². The number of halogens is 3. The van der Waals surface area contributed by atoms with Gasteiger partial charge in [-0.25, -0.2) is 4.79 Å². The van der Waals surface area contributed by atoms with Gasteiger partial charge in [0, 0.05) is 37.6 Å². The Kier molecular flexibility index (Phi) is 7.25. The van der Waals surface area contributed by atoms with Gasteiger partial charge >= 0.3 is 17.8 Å². The number of fused-ring (bicyclic) bond motifs is 1. The van der Waals surface area contributed by atoms with E-state index in [4.69, 9.17) is 14.4 Å². The van der Waals surface area contributed by atoms with E-state index in [0.29, 0.717) is 60.0 Å². The highest BCUT2D eigenvalue weighted by molar-refractivity contribution is 5.83. The summed E-state index contributed by atoms with van der Waals surface area (Å²) in [4.78, 5) is 29.6. The minimum absolute atomic E-state index is 0.0675. The fourth-order valence-electron chi connectivity index (χ4n) is 4.64. The summed E-state index contributed by atoms with van der Waals surface area (Å²) in [5.74, 6) is 0.683. The molecule has 43 heavy (non-hydrogen) atoms. The van der Waals surface area contributed by atoms with E-state index >= 15 is 0 Å². The molecule has 0 unspecified atom stereocenters. The van der Waals surface area contributed by atoms with Crippen LogP contribution < -0.4 is 25.5 Å². The lowest BCUT2D eigenvalue weighted by atomic mass is 10.1. The number of piperazine rings is 1. The van der Waals surface area contributed by atoms with E-state index < -0.39 is 17.4 Å². The fourth-order valence-corrected chi connectivity index (χ4v) is 4.64. The molecule has 0 aliphatic carbocycles. The number of aromatic nitrogens is 3. The predicted molar refractivity (Wildman–Crippen MR) is 153 cm³/mol. The molecule has 3 heterocycles. The molecule has 0 radical (unpaired) electrons. The Morgan fingerprint density at radius 3 is 2.28 bits per heavy atom. The molecule has 13 heteroatoms. The first kappa shape index (κ1) is 27.5. The number of anilines is 4. The first-order valence-electron chi connectivity index (χ1n) is 13.2. The van der Waals surface area contributed by atoms with Crippen molar-refractivity contribution in [2.45, 2.75) is 6.18 Å². The maximum atomic E-state index is 13.0. The summed E-state index contributed by atoms with van der Waals surface area (Å²) in [5, 5.41) is 12.8. The first-order valence-corrected chi connectivity index (χ1v) is 13.2. The molecule has 6 rings (SSSR count). The van der Waals surface area contributed by atoms with Crippen LogP contribution in [0.15, 0.2) is 88.1 Å². The number of alkyl halides is 3. The van der Waals surface area contributed by atoms with Gasteiger partial charge in [-0.2, -0.15) is 33.4 Å². The van der Waals surface area contributed by atoms with E-state index in [-0.39, 0.29) is 17.7 Å². The Hall–Kier alpha value is -5.64. The Bertz CT molecular complexity index is 1860. The van der Waals surface area contributed by atoms with Crippen molar-refractivity contribution in [1.82, 2.24) is 15.0 Å². The number of hydrogen-bond donors (Lipinski definition) is 1. The van der Waals surface area contributed by atoms with Crippen LogP contribution in [0.4, 0.5) is 36.4 Å². The van der Waals surface area contributed by atoms with Gasteiger partial charge in [-0.15, -0.1) is 0 Å². The van der Waals surface area contributed by atoms with Crippen molar-refractivity contribution in [3.05, 3.63) is 100 Å². The Morgan fingerprint density at radius 2 is 1.58 bits per heavy atom. The number of para-hydroxylation sites is 1. The van der Waals surface area contributed by atoms with Crippen molar-refractivity contribution in [1.29, 1.82) is 5.26 Å². The van der Waals surface area contributed by atoms with Gasteiger partial charge in [0.2, 0.25) is 11.9 Å². The monoisotopic (exact) mass is 585 g/mol. The van der Waals surface area contributed by atoms with Crippen LogP contribution in [0.25, 0.3) is 11.0 Å². The van der Waals surface area contributed by atoms with Gasteiger partial charge < -0.3 is 24.3 Å². The molecule has 0 amide bonds. The molecule has 3 aromatic carbocycles. The second-order valence-corrected chi connectivity index (χ2v) is 9.60. The van der Waals surface area contributed by atoms with Crippen molar-refractivity contribution in [2.75, 3.05) is 41.3 Å². The molecule has 0 bridgehead atoms. The molecular formula is C30H22F3N7O3. The normalized spacial score (nSPS) is 13.5. The summed E-state index contributed by atoms with van der Waals surface area (Å²) in [6.45, 7) is 1.96. The molecule has 0 atom stereocenters. The van der Waals surface area contributed by atoms with Gasteiger partial charge in [0.05, 0.1) is 28.6 Å². The molecular weight excluding hydrogens is 563 g/mol. The molecule has 10 nitrogen and oxygen atoms in total. The smallest absolute Gasteiger partial charge is 0.416 e. The minimum atomic E-state index is -4.39. The van der Waals surface area contributed by atoms with Gasteiger partial charge in [0.15, 0.2) is 0 Å². The zero-order valence-corrected chi connectivity index (χ0v) is 22.4. The topological polar surface area (TPSA) is 120 Å². The van der Waals surface area contributed by atoms with Gasteiger partial charge in [0.25, 0.3) is 0 Å². The second kappa shape index (κ2) is 11.3. The zero-order valence-electron chi connectivity index (χ0n) is 22.4. The Labute approximate surface area is 242 Å². The minimum Gasteiger partial charge on any atom is -0.423 e. The SMILES string of the molecule is N#Cc1ccc(Nc2nc(Oc3cc(=O)oc4ccccc34)nc(N3CCN(c4ccc(C(F)(F)F)cc4)CC3)n2)cc1. The van der Waals surface area contributed by atoms with Crippen molar-refractivity contribution in [3.63, 3.8) is 0 Å². The molecule has 5 aromatic rings. The summed E-state index contributed by atoms with van der Waals surface area (Å²) < 4.78 is 50.2. The summed E-state index contributed by atoms with van der Waals surface area (Å²) in [6, 6.07) is 21.9. The van der Waals surface area contributed by atoms with Gasteiger partial charge in [-0.1, -0.05) is 12.1 Å². The molecule has 1 N–H and O–H groups in total. The quantitative estimate of drug-likeness (QED) is 0.247. The predicted octanol–water partition coefficient (Wildman–Crippen LogP) is 5.73. The van der Waals surface area contributed by atoms with Crippen molar-refractivity contribution in [2.24, 2.45) is 0 Å². The van der Waals surface area contributed by atoms with Crippen LogP contribution in [0.3, 0.4) is 0 Å². The molecule has 1 saturated heterocycles. The maximum Gasteiger partial charge on any atom is 0.416 e. The Morgan fingerprint density at radius 1 is 0.884 bits per heavy atom. The number of rotatable bonds is 6. The van der Waals surface area contributed by atoms with Gasteiger partial charge in [0.1, 0.15) is 11.3 Å². The lowest BCUT2D eigenvalue weighted by Crippen LogP contribution is -2.47. The lowest BCUT2D eigenvalue weighted by molar-refractivity contribution is -0.137. The molecule has 0 spiro atoms. The first-order chi connectivity index (χ1) is 20.7. The summed E-state index contributed by atoms with van der Waals surface area (Å²) in [5.41, 5.74) is 0.851. The average Bonchev–Trinajstić information content (AvgIpc) is 3.01. The molecule has 0 saturated carbocycles. The second-order valence-electron chi connectivity index (χ2n) is 9.60. The zero-order chi connectivity index (χ0) is 30.0.